The normalized spacial score (nSPS) is 10.4. The van der Waals surface area contributed by atoms with Crippen molar-refractivity contribution in [2.45, 2.75) is 13.5 Å². The van der Waals surface area contributed by atoms with Crippen molar-refractivity contribution in [1.82, 2.24) is 19.1 Å². The maximum Gasteiger partial charge on any atom is 0.294 e. The smallest absolute Gasteiger partial charge is 0.294 e. The molecule has 0 spiro atoms. The summed E-state index contributed by atoms with van der Waals surface area (Å²) in [7, 11) is 0. The molecular weight excluding hydrogens is 180 g/mol. The molecule has 2 heterocycles. The minimum absolute atomic E-state index is 0.104. The summed E-state index contributed by atoms with van der Waals surface area (Å²) in [4.78, 5) is 19.6. The zero-order valence-electron chi connectivity index (χ0n) is 7.79. The lowest BCUT2D eigenvalue weighted by atomic mass is 10.5. The third-order valence-corrected chi connectivity index (χ3v) is 1.99. The van der Waals surface area contributed by atoms with Crippen LogP contribution in [-0.4, -0.2) is 19.1 Å². The van der Waals surface area contributed by atoms with Crippen LogP contribution in [0.25, 0.3) is 5.82 Å². The second-order valence-electron chi connectivity index (χ2n) is 2.81. The summed E-state index contributed by atoms with van der Waals surface area (Å²) >= 11 is 0. The number of aryl methyl sites for hydroxylation is 1. The summed E-state index contributed by atoms with van der Waals surface area (Å²) in [6, 6.07) is 0. The molecule has 0 aromatic carbocycles. The van der Waals surface area contributed by atoms with E-state index < -0.39 is 0 Å². The summed E-state index contributed by atoms with van der Waals surface area (Å²) < 4.78 is 3.21. The number of nitrogens with zero attached hydrogens (tertiary/aromatic N) is 4. The van der Waals surface area contributed by atoms with Crippen LogP contribution >= 0.6 is 0 Å². The zero-order valence-corrected chi connectivity index (χ0v) is 7.79. The van der Waals surface area contributed by atoms with Gasteiger partial charge >= 0.3 is 0 Å². The van der Waals surface area contributed by atoms with Gasteiger partial charge in [0.05, 0.1) is 0 Å². The third-order valence-electron chi connectivity index (χ3n) is 1.99. The molecule has 5 nitrogen and oxygen atoms in total. The van der Waals surface area contributed by atoms with E-state index in [0.717, 1.165) is 0 Å². The average Bonchev–Trinajstić information content (AvgIpc) is 2.71. The zero-order chi connectivity index (χ0) is 9.97. The van der Waals surface area contributed by atoms with E-state index in [1.165, 1.54) is 0 Å². The highest BCUT2D eigenvalue weighted by molar-refractivity contribution is 5.17. The molecule has 2 aromatic heterocycles. The molecular formula is C9H10N4O. The molecule has 0 aliphatic rings. The first kappa shape index (κ1) is 8.68. The first-order valence-corrected chi connectivity index (χ1v) is 4.36. The summed E-state index contributed by atoms with van der Waals surface area (Å²) in [6.07, 6.45) is 8.15. The van der Waals surface area contributed by atoms with Crippen LogP contribution in [0.3, 0.4) is 0 Å². The molecule has 2 aromatic rings. The summed E-state index contributed by atoms with van der Waals surface area (Å²) in [5.41, 5.74) is -0.104. The lowest BCUT2D eigenvalue weighted by Gasteiger charge is -2.03. The van der Waals surface area contributed by atoms with E-state index in [2.05, 4.69) is 9.97 Å². The fraction of sp³-hybridized carbons (Fsp3) is 0.222. The summed E-state index contributed by atoms with van der Waals surface area (Å²) in [6.45, 7) is 2.56. The average molecular weight is 190 g/mol. The minimum Gasteiger partial charge on any atom is -0.311 e. The Hall–Kier alpha value is -1.91. The van der Waals surface area contributed by atoms with E-state index in [1.54, 1.807) is 40.2 Å². The van der Waals surface area contributed by atoms with Gasteiger partial charge in [0.25, 0.3) is 5.56 Å². The van der Waals surface area contributed by atoms with Crippen molar-refractivity contribution >= 4 is 0 Å². The Labute approximate surface area is 80.7 Å². The second-order valence-corrected chi connectivity index (χ2v) is 2.81. The fourth-order valence-electron chi connectivity index (χ4n) is 1.25. The van der Waals surface area contributed by atoms with Gasteiger partial charge in [-0.25, -0.2) is 9.97 Å². The number of rotatable bonds is 2. The molecule has 0 atom stereocenters. The topological polar surface area (TPSA) is 52.7 Å². The van der Waals surface area contributed by atoms with Crippen LogP contribution in [-0.2, 0) is 6.54 Å². The Morgan fingerprint density at radius 2 is 2.21 bits per heavy atom. The molecule has 0 aliphatic heterocycles. The largest absolute Gasteiger partial charge is 0.311 e. The van der Waals surface area contributed by atoms with Crippen LogP contribution in [0.5, 0.6) is 0 Å². The molecule has 2 rings (SSSR count). The quantitative estimate of drug-likeness (QED) is 0.690. The van der Waals surface area contributed by atoms with Gasteiger partial charge in [0.15, 0.2) is 0 Å². The van der Waals surface area contributed by atoms with Gasteiger partial charge in [0, 0.05) is 31.3 Å². The van der Waals surface area contributed by atoms with Crippen LogP contribution in [0, 0.1) is 0 Å². The number of imidazole rings is 1. The van der Waals surface area contributed by atoms with Crippen LogP contribution in [0.1, 0.15) is 6.92 Å². The first-order chi connectivity index (χ1) is 6.83. The molecule has 0 radical (unpaired) electrons. The van der Waals surface area contributed by atoms with E-state index in [4.69, 9.17) is 0 Å². The van der Waals surface area contributed by atoms with E-state index in [1.807, 2.05) is 6.92 Å². The number of hydrogen-bond acceptors (Lipinski definition) is 3. The van der Waals surface area contributed by atoms with Gasteiger partial charge in [0.2, 0.25) is 5.82 Å². The van der Waals surface area contributed by atoms with Crippen molar-refractivity contribution in [3.63, 3.8) is 0 Å². The van der Waals surface area contributed by atoms with Gasteiger partial charge in [-0.05, 0) is 6.92 Å². The molecule has 0 saturated carbocycles. The Kier molecular flexibility index (Phi) is 2.14. The van der Waals surface area contributed by atoms with Crippen molar-refractivity contribution < 1.29 is 0 Å². The molecule has 0 N–H and O–H groups in total. The van der Waals surface area contributed by atoms with Gasteiger partial charge in [-0.1, -0.05) is 0 Å². The van der Waals surface area contributed by atoms with E-state index in [-0.39, 0.29) is 5.56 Å². The third kappa shape index (κ3) is 1.32. The highest BCUT2D eigenvalue weighted by Gasteiger charge is 2.04. The van der Waals surface area contributed by atoms with Crippen LogP contribution in [0.15, 0.2) is 35.9 Å². The first-order valence-electron chi connectivity index (χ1n) is 4.36. The van der Waals surface area contributed by atoms with Crippen molar-refractivity contribution in [1.29, 1.82) is 0 Å². The molecule has 0 bridgehead atoms. The molecule has 14 heavy (non-hydrogen) atoms. The van der Waals surface area contributed by atoms with Gasteiger partial charge in [-0.15, -0.1) is 0 Å². The molecule has 0 unspecified atom stereocenters. The Balaban J connectivity index is 2.60. The van der Waals surface area contributed by atoms with Crippen LogP contribution < -0.4 is 5.56 Å². The Morgan fingerprint density at radius 3 is 2.86 bits per heavy atom. The predicted molar refractivity (Wildman–Crippen MR) is 51.3 cm³/mol. The van der Waals surface area contributed by atoms with Crippen molar-refractivity contribution in [3.8, 4) is 5.82 Å². The maximum absolute atomic E-state index is 11.8. The Morgan fingerprint density at radius 1 is 1.36 bits per heavy atom. The van der Waals surface area contributed by atoms with E-state index >= 15 is 0 Å². The molecule has 0 fully saturated rings. The maximum atomic E-state index is 11.8. The predicted octanol–water partition coefficient (Wildman–Crippen LogP) is 0.449. The highest BCUT2D eigenvalue weighted by atomic mass is 16.1. The lowest BCUT2D eigenvalue weighted by Crippen LogP contribution is -2.24. The number of aromatic nitrogens is 4. The lowest BCUT2D eigenvalue weighted by molar-refractivity contribution is 0.705. The number of hydrogen-bond donors (Lipinski definition) is 0. The molecule has 5 heteroatoms. The van der Waals surface area contributed by atoms with Gasteiger partial charge in [-0.2, -0.15) is 0 Å². The van der Waals surface area contributed by atoms with Gasteiger partial charge in [-0.3, -0.25) is 9.36 Å². The van der Waals surface area contributed by atoms with Gasteiger partial charge < -0.3 is 4.57 Å². The summed E-state index contributed by atoms with van der Waals surface area (Å²) in [5.74, 6) is 0.381. The van der Waals surface area contributed by atoms with Crippen molar-refractivity contribution in [2.24, 2.45) is 0 Å². The van der Waals surface area contributed by atoms with Gasteiger partial charge in [0.1, 0.15) is 6.33 Å². The SMILES string of the molecule is CCn1ccnc(-n2ccnc2)c1=O. The minimum atomic E-state index is -0.104. The monoisotopic (exact) mass is 190 g/mol. The highest BCUT2D eigenvalue weighted by Crippen LogP contribution is 1.95. The van der Waals surface area contributed by atoms with E-state index in [9.17, 15) is 4.79 Å². The summed E-state index contributed by atoms with van der Waals surface area (Å²) in [5, 5.41) is 0. The molecule has 0 saturated heterocycles. The van der Waals surface area contributed by atoms with E-state index in [0.29, 0.717) is 12.4 Å². The van der Waals surface area contributed by atoms with Crippen molar-refractivity contribution in [3.05, 3.63) is 41.5 Å². The second kappa shape index (κ2) is 3.45. The standard InChI is InChI=1S/C9H10N4O/c1-2-12-6-4-11-8(9(12)14)13-5-3-10-7-13/h3-7H,2H2,1H3. The van der Waals surface area contributed by atoms with Crippen LogP contribution in [0.4, 0.5) is 0 Å². The molecule has 0 amide bonds. The fourth-order valence-corrected chi connectivity index (χ4v) is 1.25. The van der Waals surface area contributed by atoms with Crippen LogP contribution in [0.2, 0.25) is 0 Å². The molecule has 72 valence electrons. The molecule has 0 aliphatic carbocycles. The Bertz CT molecular complexity index is 472. The van der Waals surface area contributed by atoms with Crippen molar-refractivity contribution in [2.75, 3.05) is 0 Å².